The van der Waals surface area contributed by atoms with Crippen LogP contribution in [-0.4, -0.2) is 12.5 Å². The van der Waals surface area contributed by atoms with Gasteiger partial charge in [-0.2, -0.15) is 0 Å². The van der Waals surface area contributed by atoms with Crippen molar-refractivity contribution in [2.45, 2.75) is 32.7 Å². The number of nitrogens with two attached hydrogens (primary N) is 2. The molecule has 19 heavy (non-hydrogen) atoms. The molecule has 0 aliphatic heterocycles. The first-order valence-corrected chi connectivity index (χ1v) is 7.19. The van der Waals surface area contributed by atoms with E-state index in [1.807, 2.05) is 32.0 Å². The zero-order valence-electron chi connectivity index (χ0n) is 11.4. The van der Waals surface area contributed by atoms with Crippen LogP contribution in [0.1, 0.15) is 38.3 Å². The van der Waals surface area contributed by atoms with E-state index in [0.29, 0.717) is 19.4 Å². The summed E-state index contributed by atoms with van der Waals surface area (Å²) in [6.45, 7) is 4.51. The van der Waals surface area contributed by atoms with Crippen molar-refractivity contribution < 1.29 is 9.53 Å². The van der Waals surface area contributed by atoms with Crippen molar-refractivity contribution in [2.24, 2.45) is 17.4 Å². The highest BCUT2D eigenvalue weighted by Crippen LogP contribution is 2.31. The molecule has 4 N–H and O–H groups in total. The van der Waals surface area contributed by atoms with Crippen LogP contribution in [0.5, 0.6) is 5.75 Å². The monoisotopic (exact) mass is 328 g/mol. The van der Waals surface area contributed by atoms with Crippen LogP contribution in [0.25, 0.3) is 0 Å². The van der Waals surface area contributed by atoms with Crippen LogP contribution in [0.15, 0.2) is 22.7 Å². The average molecular weight is 329 g/mol. The number of amides is 1. The molecule has 0 fully saturated rings. The van der Waals surface area contributed by atoms with E-state index in [1.165, 1.54) is 0 Å². The van der Waals surface area contributed by atoms with Crippen molar-refractivity contribution in [1.82, 2.24) is 0 Å². The minimum absolute atomic E-state index is 0.154. The molecular weight excluding hydrogens is 308 g/mol. The summed E-state index contributed by atoms with van der Waals surface area (Å²) >= 11 is 3.44. The third kappa shape index (κ3) is 5.20. The number of halogens is 1. The summed E-state index contributed by atoms with van der Waals surface area (Å²) in [5, 5.41) is 0. The molecule has 1 aromatic carbocycles. The topological polar surface area (TPSA) is 78.3 Å². The second kappa shape index (κ2) is 7.50. The number of carbonyl (C=O) groups excluding carboxylic acids is 1. The summed E-state index contributed by atoms with van der Waals surface area (Å²) in [5.74, 6) is 0.657. The molecule has 1 rings (SSSR count). The highest BCUT2D eigenvalue weighted by atomic mass is 79.9. The van der Waals surface area contributed by atoms with Crippen molar-refractivity contribution in [3.05, 3.63) is 28.2 Å². The third-order valence-corrected chi connectivity index (χ3v) is 3.37. The first-order valence-electron chi connectivity index (χ1n) is 6.40. The minimum atomic E-state index is -0.293. The predicted molar refractivity (Wildman–Crippen MR) is 79.8 cm³/mol. The Kier molecular flexibility index (Phi) is 6.31. The third-order valence-electron chi connectivity index (χ3n) is 2.88. The normalized spacial score (nSPS) is 13.9. The number of hydrogen-bond donors (Lipinski definition) is 2. The van der Waals surface area contributed by atoms with Gasteiger partial charge in [-0.15, -0.1) is 0 Å². The molecule has 0 aromatic heterocycles. The van der Waals surface area contributed by atoms with E-state index < -0.39 is 0 Å². The number of benzene rings is 1. The Bertz CT molecular complexity index is 437. The molecule has 0 bridgehead atoms. The molecule has 0 spiro atoms. The highest BCUT2D eigenvalue weighted by Gasteiger charge is 2.17. The molecule has 2 atom stereocenters. The SMILES string of the molecule is CCOc1ccc(Br)cc1C(N)CC(C)CC(N)=O. The van der Waals surface area contributed by atoms with Gasteiger partial charge < -0.3 is 16.2 Å². The van der Waals surface area contributed by atoms with Crippen LogP contribution < -0.4 is 16.2 Å². The molecule has 106 valence electrons. The van der Waals surface area contributed by atoms with E-state index in [4.69, 9.17) is 16.2 Å². The van der Waals surface area contributed by atoms with E-state index in [2.05, 4.69) is 15.9 Å². The standard InChI is InChI=1S/C14H21BrN2O2/c1-3-19-13-5-4-10(15)8-11(13)12(16)6-9(2)7-14(17)18/h4-5,8-9,12H,3,6-7,16H2,1-2H3,(H2,17,18). The number of hydrogen-bond acceptors (Lipinski definition) is 3. The Morgan fingerprint density at radius 2 is 2.16 bits per heavy atom. The van der Waals surface area contributed by atoms with Crippen LogP contribution >= 0.6 is 15.9 Å². The first-order chi connectivity index (χ1) is 8.93. The average Bonchev–Trinajstić information content (AvgIpc) is 2.30. The first kappa shape index (κ1) is 16.0. The summed E-state index contributed by atoms with van der Waals surface area (Å²) in [6, 6.07) is 5.62. The minimum Gasteiger partial charge on any atom is -0.494 e. The van der Waals surface area contributed by atoms with Crippen molar-refractivity contribution in [3.63, 3.8) is 0 Å². The highest BCUT2D eigenvalue weighted by molar-refractivity contribution is 9.10. The van der Waals surface area contributed by atoms with Crippen molar-refractivity contribution in [1.29, 1.82) is 0 Å². The summed E-state index contributed by atoms with van der Waals surface area (Å²) in [6.07, 6.45) is 1.05. The van der Waals surface area contributed by atoms with Crippen LogP contribution in [0.3, 0.4) is 0 Å². The van der Waals surface area contributed by atoms with E-state index >= 15 is 0 Å². The summed E-state index contributed by atoms with van der Waals surface area (Å²) in [7, 11) is 0. The van der Waals surface area contributed by atoms with Gasteiger partial charge in [0.05, 0.1) is 6.61 Å². The van der Waals surface area contributed by atoms with Gasteiger partial charge in [0.15, 0.2) is 0 Å². The number of rotatable bonds is 7. The molecule has 0 radical (unpaired) electrons. The number of carbonyl (C=O) groups is 1. The fraction of sp³-hybridized carbons (Fsp3) is 0.500. The van der Waals surface area contributed by atoms with Crippen molar-refractivity contribution in [2.75, 3.05) is 6.61 Å². The molecule has 0 aliphatic carbocycles. The molecule has 1 amide bonds. The zero-order chi connectivity index (χ0) is 14.4. The van der Waals surface area contributed by atoms with Gasteiger partial charge in [0.25, 0.3) is 0 Å². The van der Waals surface area contributed by atoms with Gasteiger partial charge in [-0.25, -0.2) is 0 Å². The fourth-order valence-corrected chi connectivity index (χ4v) is 2.46. The lowest BCUT2D eigenvalue weighted by Gasteiger charge is -2.19. The van der Waals surface area contributed by atoms with E-state index in [-0.39, 0.29) is 17.9 Å². The maximum absolute atomic E-state index is 10.9. The number of primary amides is 1. The summed E-state index contributed by atoms with van der Waals surface area (Å²) < 4.78 is 6.55. The molecular formula is C14H21BrN2O2. The summed E-state index contributed by atoms with van der Waals surface area (Å²) in [4.78, 5) is 10.9. The number of ether oxygens (including phenoxy) is 1. The molecule has 0 saturated carbocycles. The Morgan fingerprint density at radius 3 is 2.74 bits per heavy atom. The van der Waals surface area contributed by atoms with E-state index in [0.717, 1.165) is 15.8 Å². The molecule has 4 nitrogen and oxygen atoms in total. The lowest BCUT2D eigenvalue weighted by Crippen LogP contribution is -2.20. The van der Waals surface area contributed by atoms with Gasteiger partial charge in [-0.3, -0.25) is 4.79 Å². The molecule has 0 heterocycles. The Morgan fingerprint density at radius 1 is 1.47 bits per heavy atom. The van der Waals surface area contributed by atoms with Gasteiger partial charge >= 0.3 is 0 Å². The molecule has 0 saturated heterocycles. The predicted octanol–water partition coefficient (Wildman–Crippen LogP) is 2.75. The van der Waals surface area contributed by atoms with Gasteiger partial charge in [0.2, 0.25) is 5.91 Å². The smallest absolute Gasteiger partial charge is 0.217 e. The Balaban J connectivity index is 2.82. The van der Waals surface area contributed by atoms with Crippen LogP contribution in [0, 0.1) is 5.92 Å². The van der Waals surface area contributed by atoms with Crippen molar-refractivity contribution >= 4 is 21.8 Å². The van der Waals surface area contributed by atoms with Gasteiger partial charge in [-0.1, -0.05) is 22.9 Å². The van der Waals surface area contributed by atoms with Gasteiger partial charge in [0.1, 0.15) is 5.75 Å². The quantitative estimate of drug-likeness (QED) is 0.807. The van der Waals surface area contributed by atoms with Crippen LogP contribution in [-0.2, 0) is 4.79 Å². The van der Waals surface area contributed by atoms with Crippen molar-refractivity contribution in [3.8, 4) is 5.75 Å². The second-order valence-corrected chi connectivity index (χ2v) is 5.65. The van der Waals surface area contributed by atoms with Gasteiger partial charge in [0, 0.05) is 22.5 Å². The molecule has 1 aromatic rings. The fourth-order valence-electron chi connectivity index (χ4n) is 2.08. The summed E-state index contributed by atoms with van der Waals surface area (Å²) in [5.41, 5.74) is 12.4. The van der Waals surface area contributed by atoms with Gasteiger partial charge in [-0.05, 0) is 37.5 Å². The molecule has 0 aliphatic rings. The second-order valence-electron chi connectivity index (χ2n) is 4.73. The van der Waals surface area contributed by atoms with E-state index in [9.17, 15) is 4.79 Å². The maximum Gasteiger partial charge on any atom is 0.217 e. The molecule has 2 unspecified atom stereocenters. The van der Waals surface area contributed by atoms with Crippen LogP contribution in [0.2, 0.25) is 0 Å². The van der Waals surface area contributed by atoms with E-state index in [1.54, 1.807) is 0 Å². The lowest BCUT2D eigenvalue weighted by molar-refractivity contribution is -0.118. The molecule has 5 heteroatoms. The Labute approximate surface area is 122 Å². The largest absolute Gasteiger partial charge is 0.494 e. The zero-order valence-corrected chi connectivity index (χ0v) is 12.9. The lowest BCUT2D eigenvalue weighted by atomic mass is 9.93. The Hall–Kier alpha value is -1.07. The van der Waals surface area contributed by atoms with Crippen LogP contribution in [0.4, 0.5) is 0 Å². The maximum atomic E-state index is 10.9.